The van der Waals surface area contributed by atoms with Gasteiger partial charge in [-0.15, -0.1) is 0 Å². The minimum atomic E-state index is -0.622. The lowest BCUT2D eigenvalue weighted by Gasteiger charge is -2.21. The van der Waals surface area contributed by atoms with E-state index in [0.29, 0.717) is 6.61 Å². The molecule has 0 saturated heterocycles. The van der Waals surface area contributed by atoms with Gasteiger partial charge in [-0.3, -0.25) is 0 Å². The van der Waals surface area contributed by atoms with Crippen LogP contribution in [0.1, 0.15) is 19.4 Å². The Bertz CT molecular complexity index is 284. The van der Waals surface area contributed by atoms with Crippen LogP contribution < -0.4 is 0 Å². The number of aliphatic hydroxyl groups is 2. The zero-order valence-corrected chi connectivity index (χ0v) is 9.84. The average molecular weight is 224 g/mol. The minimum absolute atomic E-state index is 0.171. The van der Waals surface area contributed by atoms with Crippen LogP contribution in [0.4, 0.5) is 0 Å². The molecule has 1 aromatic carbocycles. The summed E-state index contributed by atoms with van der Waals surface area (Å²) in [5.41, 5.74) is 1.08. The molecule has 2 N–H and O–H groups in total. The van der Waals surface area contributed by atoms with Crippen LogP contribution in [0.2, 0.25) is 0 Å². The van der Waals surface area contributed by atoms with Crippen LogP contribution in [-0.2, 0) is 11.3 Å². The number of benzene rings is 1. The Morgan fingerprint density at radius 1 is 1.12 bits per heavy atom. The van der Waals surface area contributed by atoms with E-state index in [0.717, 1.165) is 5.56 Å². The SMILES string of the molecule is C[C@H]([C@H](C)O)[C@@H](O)COCc1ccccc1. The van der Waals surface area contributed by atoms with Gasteiger partial charge in [-0.1, -0.05) is 37.3 Å². The van der Waals surface area contributed by atoms with Gasteiger partial charge < -0.3 is 14.9 Å². The Labute approximate surface area is 96.7 Å². The summed E-state index contributed by atoms with van der Waals surface area (Å²) in [6, 6.07) is 9.81. The van der Waals surface area contributed by atoms with Crippen molar-refractivity contribution in [1.29, 1.82) is 0 Å². The Balaban J connectivity index is 2.25. The molecule has 0 aliphatic carbocycles. The van der Waals surface area contributed by atoms with Crippen LogP contribution in [0.3, 0.4) is 0 Å². The third-order valence-corrected chi connectivity index (χ3v) is 2.77. The van der Waals surface area contributed by atoms with E-state index in [2.05, 4.69) is 0 Å². The summed E-state index contributed by atoms with van der Waals surface area (Å²) >= 11 is 0. The molecule has 0 saturated carbocycles. The minimum Gasteiger partial charge on any atom is -0.393 e. The van der Waals surface area contributed by atoms with Crippen LogP contribution in [0.25, 0.3) is 0 Å². The summed E-state index contributed by atoms with van der Waals surface area (Å²) in [6.07, 6.45) is -1.14. The first-order valence-corrected chi connectivity index (χ1v) is 5.59. The quantitative estimate of drug-likeness (QED) is 0.771. The van der Waals surface area contributed by atoms with Crippen molar-refractivity contribution in [3.63, 3.8) is 0 Å². The predicted molar refractivity (Wildman–Crippen MR) is 62.9 cm³/mol. The van der Waals surface area contributed by atoms with Crippen LogP contribution in [0, 0.1) is 5.92 Å². The average Bonchev–Trinajstić information content (AvgIpc) is 2.29. The lowest BCUT2D eigenvalue weighted by atomic mass is 10.0. The standard InChI is InChI=1S/C13H20O3/c1-10(11(2)14)13(15)9-16-8-12-6-4-3-5-7-12/h3-7,10-11,13-15H,8-9H2,1-2H3/t10-,11+,13+/m1/s1. The van der Waals surface area contributed by atoms with Crippen molar-refractivity contribution < 1.29 is 14.9 Å². The number of hydrogen-bond donors (Lipinski definition) is 2. The van der Waals surface area contributed by atoms with Crippen molar-refractivity contribution in [1.82, 2.24) is 0 Å². The number of rotatable bonds is 6. The zero-order valence-electron chi connectivity index (χ0n) is 9.84. The lowest BCUT2D eigenvalue weighted by molar-refractivity contribution is -0.0307. The van der Waals surface area contributed by atoms with Crippen molar-refractivity contribution in [2.75, 3.05) is 6.61 Å². The fraction of sp³-hybridized carbons (Fsp3) is 0.538. The second-order valence-electron chi connectivity index (χ2n) is 4.17. The molecule has 0 aliphatic rings. The van der Waals surface area contributed by atoms with Gasteiger partial charge in [0.05, 0.1) is 25.4 Å². The van der Waals surface area contributed by atoms with Crippen LogP contribution in [0.5, 0.6) is 0 Å². The van der Waals surface area contributed by atoms with E-state index >= 15 is 0 Å². The highest BCUT2D eigenvalue weighted by atomic mass is 16.5. The highest BCUT2D eigenvalue weighted by molar-refractivity contribution is 5.13. The molecule has 0 heterocycles. The molecule has 0 radical (unpaired) electrons. The smallest absolute Gasteiger partial charge is 0.0823 e. The Morgan fingerprint density at radius 3 is 2.31 bits per heavy atom. The monoisotopic (exact) mass is 224 g/mol. The first kappa shape index (κ1) is 13.2. The highest BCUT2D eigenvalue weighted by Crippen LogP contribution is 2.09. The number of aliphatic hydroxyl groups excluding tert-OH is 2. The summed E-state index contributed by atoms with van der Waals surface area (Å²) in [5, 5.41) is 19.0. The van der Waals surface area contributed by atoms with Gasteiger partial charge in [0, 0.05) is 5.92 Å². The number of ether oxygens (including phenoxy) is 1. The molecule has 1 aromatic rings. The van der Waals surface area contributed by atoms with Crippen molar-refractivity contribution in [2.24, 2.45) is 5.92 Å². The van der Waals surface area contributed by atoms with E-state index in [9.17, 15) is 10.2 Å². The van der Waals surface area contributed by atoms with Gasteiger partial charge >= 0.3 is 0 Å². The summed E-state index contributed by atoms with van der Waals surface area (Å²) in [7, 11) is 0. The molecule has 0 fully saturated rings. The van der Waals surface area contributed by atoms with Crippen molar-refractivity contribution in [3.8, 4) is 0 Å². The van der Waals surface area contributed by atoms with Gasteiger partial charge in [0.25, 0.3) is 0 Å². The second-order valence-corrected chi connectivity index (χ2v) is 4.17. The van der Waals surface area contributed by atoms with Crippen LogP contribution in [0.15, 0.2) is 30.3 Å². The van der Waals surface area contributed by atoms with E-state index in [1.807, 2.05) is 30.3 Å². The lowest BCUT2D eigenvalue weighted by Crippen LogP contribution is -2.31. The van der Waals surface area contributed by atoms with Gasteiger partial charge in [-0.05, 0) is 12.5 Å². The molecule has 0 aliphatic heterocycles. The van der Waals surface area contributed by atoms with Crippen molar-refractivity contribution in [3.05, 3.63) is 35.9 Å². The molecule has 16 heavy (non-hydrogen) atoms. The molecule has 1 rings (SSSR count). The van der Waals surface area contributed by atoms with Gasteiger partial charge in [0.2, 0.25) is 0 Å². The Morgan fingerprint density at radius 2 is 1.75 bits per heavy atom. The molecule has 0 spiro atoms. The molecular formula is C13H20O3. The maximum atomic E-state index is 9.68. The second kappa shape index (κ2) is 6.63. The molecular weight excluding hydrogens is 204 g/mol. The Hall–Kier alpha value is -0.900. The summed E-state index contributed by atoms with van der Waals surface area (Å²) < 4.78 is 5.39. The first-order valence-electron chi connectivity index (χ1n) is 5.59. The van der Waals surface area contributed by atoms with E-state index in [1.54, 1.807) is 13.8 Å². The Kier molecular flexibility index (Phi) is 5.46. The fourth-order valence-corrected chi connectivity index (χ4v) is 1.35. The van der Waals surface area contributed by atoms with Gasteiger partial charge in [-0.2, -0.15) is 0 Å². The van der Waals surface area contributed by atoms with Crippen LogP contribution in [-0.4, -0.2) is 29.0 Å². The molecule has 3 nitrogen and oxygen atoms in total. The first-order chi connectivity index (χ1) is 7.61. The largest absolute Gasteiger partial charge is 0.393 e. The molecule has 0 aromatic heterocycles. The van der Waals surface area contributed by atoms with Crippen LogP contribution >= 0.6 is 0 Å². The molecule has 3 heteroatoms. The topological polar surface area (TPSA) is 49.7 Å². The summed E-state index contributed by atoms with van der Waals surface area (Å²) in [4.78, 5) is 0. The molecule has 90 valence electrons. The fourth-order valence-electron chi connectivity index (χ4n) is 1.35. The normalized spacial score (nSPS) is 16.8. The zero-order chi connectivity index (χ0) is 12.0. The van der Waals surface area contributed by atoms with Crippen molar-refractivity contribution >= 4 is 0 Å². The number of hydrogen-bond acceptors (Lipinski definition) is 3. The molecule has 3 atom stereocenters. The van der Waals surface area contributed by atoms with Gasteiger partial charge in [0.15, 0.2) is 0 Å². The van der Waals surface area contributed by atoms with E-state index in [1.165, 1.54) is 0 Å². The molecule has 0 unspecified atom stereocenters. The van der Waals surface area contributed by atoms with Crippen molar-refractivity contribution in [2.45, 2.75) is 32.7 Å². The molecule has 0 bridgehead atoms. The predicted octanol–water partition coefficient (Wildman–Crippen LogP) is 1.58. The van der Waals surface area contributed by atoms with Gasteiger partial charge in [-0.25, -0.2) is 0 Å². The van der Waals surface area contributed by atoms with Gasteiger partial charge in [0.1, 0.15) is 0 Å². The van der Waals surface area contributed by atoms with E-state index in [-0.39, 0.29) is 12.5 Å². The maximum absolute atomic E-state index is 9.68. The van der Waals surface area contributed by atoms with E-state index < -0.39 is 12.2 Å². The highest BCUT2D eigenvalue weighted by Gasteiger charge is 2.18. The third-order valence-electron chi connectivity index (χ3n) is 2.77. The molecule has 0 amide bonds. The summed E-state index contributed by atoms with van der Waals surface area (Å²) in [6.45, 7) is 4.22. The summed E-state index contributed by atoms with van der Waals surface area (Å²) in [5.74, 6) is -0.171. The third kappa shape index (κ3) is 4.31. The van der Waals surface area contributed by atoms with E-state index in [4.69, 9.17) is 4.74 Å². The maximum Gasteiger partial charge on any atom is 0.0823 e.